The fourth-order valence-corrected chi connectivity index (χ4v) is 4.50. The number of likely N-dealkylation sites (tertiary alicyclic amines) is 1. The van der Waals surface area contributed by atoms with Crippen molar-refractivity contribution in [3.05, 3.63) is 76.3 Å². The van der Waals surface area contributed by atoms with Crippen molar-refractivity contribution >= 4 is 17.2 Å². The molecule has 1 aliphatic heterocycles. The molecule has 29 heavy (non-hydrogen) atoms. The summed E-state index contributed by atoms with van der Waals surface area (Å²) in [7, 11) is 0. The highest BCUT2D eigenvalue weighted by molar-refractivity contribution is 7.13. The maximum atomic E-state index is 12.3. The number of hydrogen-bond donors (Lipinski definition) is 1. The Labute approximate surface area is 176 Å². The van der Waals surface area contributed by atoms with Gasteiger partial charge in [-0.15, -0.1) is 11.3 Å². The van der Waals surface area contributed by atoms with Crippen molar-refractivity contribution < 1.29 is 4.79 Å². The van der Waals surface area contributed by atoms with Gasteiger partial charge in [-0.25, -0.2) is 4.98 Å². The maximum absolute atomic E-state index is 12.3. The minimum absolute atomic E-state index is 0.00670. The van der Waals surface area contributed by atoms with Crippen LogP contribution in [-0.2, 0) is 24.3 Å². The fraction of sp³-hybridized carbons (Fsp3) is 0.333. The standard InChI is InChI=1S/C24H27N3OS/c1-18-5-4-6-21(13-18)24-26-22(17-29-24)14-23(28)25-15-19-7-9-20(10-8-19)16-27-11-2-3-12-27/h4-10,13,17H,2-3,11-12,14-16H2,1H3,(H,25,28). The van der Waals surface area contributed by atoms with Gasteiger partial charge in [-0.1, -0.05) is 48.0 Å². The van der Waals surface area contributed by atoms with Gasteiger partial charge in [-0.3, -0.25) is 9.69 Å². The van der Waals surface area contributed by atoms with Crippen molar-refractivity contribution in [3.63, 3.8) is 0 Å². The van der Waals surface area contributed by atoms with Crippen LogP contribution in [0.3, 0.4) is 0 Å². The Balaban J connectivity index is 1.27. The van der Waals surface area contributed by atoms with E-state index in [0.717, 1.165) is 28.4 Å². The molecule has 4 nitrogen and oxygen atoms in total. The molecule has 1 aromatic heterocycles. The molecule has 0 bridgehead atoms. The van der Waals surface area contributed by atoms with E-state index in [-0.39, 0.29) is 5.91 Å². The molecule has 1 aliphatic rings. The molecule has 0 aliphatic carbocycles. The Morgan fingerprint density at radius 3 is 2.62 bits per heavy atom. The fourth-order valence-electron chi connectivity index (χ4n) is 3.69. The van der Waals surface area contributed by atoms with E-state index in [1.54, 1.807) is 11.3 Å². The predicted octanol–water partition coefficient (Wildman–Crippen LogP) is 4.57. The summed E-state index contributed by atoms with van der Waals surface area (Å²) in [4.78, 5) is 19.5. The lowest BCUT2D eigenvalue weighted by atomic mass is 10.1. The van der Waals surface area contributed by atoms with E-state index in [9.17, 15) is 4.79 Å². The number of rotatable bonds is 7. The van der Waals surface area contributed by atoms with E-state index in [4.69, 9.17) is 0 Å². The molecule has 2 aromatic carbocycles. The SMILES string of the molecule is Cc1cccc(-c2nc(CC(=O)NCc3ccc(CN4CCCC4)cc3)cs2)c1. The van der Waals surface area contributed by atoms with Crippen molar-refractivity contribution in [2.45, 2.75) is 39.3 Å². The summed E-state index contributed by atoms with van der Waals surface area (Å²) in [5.41, 5.74) is 5.61. The second-order valence-electron chi connectivity index (χ2n) is 7.77. The Morgan fingerprint density at radius 1 is 1.10 bits per heavy atom. The molecule has 0 saturated carbocycles. The lowest BCUT2D eigenvalue weighted by Crippen LogP contribution is -2.24. The third-order valence-corrected chi connectivity index (χ3v) is 6.22. The second kappa shape index (κ2) is 9.33. The van der Waals surface area contributed by atoms with Gasteiger partial charge in [0.05, 0.1) is 12.1 Å². The van der Waals surface area contributed by atoms with Gasteiger partial charge >= 0.3 is 0 Å². The molecule has 0 unspecified atom stereocenters. The summed E-state index contributed by atoms with van der Waals surface area (Å²) in [5.74, 6) is 0.00670. The number of nitrogens with one attached hydrogen (secondary N) is 1. The van der Waals surface area contributed by atoms with Gasteiger partial charge < -0.3 is 5.32 Å². The van der Waals surface area contributed by atoms with E-state index in [1.165, 1.54) is 37.1 Å². The van der Waals surface area contributed by atoms with E-state index >= 15 is 0 Å². The van der Waals surface area contributed by atoms with Gasteiger partial charge in [0.25, 0.3) is 0 Å². The first-order valence-corrected chi connectivity index (χ1v) is 11.1. The third kappa shape index (κ3) is 5.52. The van der Waals surface area contributed by atoms with Crippen LogP contribution >= 0.6 is 11.3 Å². The molecule has 3 aromatic rings. The molecule has 5 heteroatoms. The van der Waals surface area contributed by atoms with Crippen molar-refractivity contribution in [2.24, 2.45) is 0 Å². The maximum Gasteiger partial charge on any atom is 0.226 e. The van der Waals surface area contributed by atoms with Crippen LogP contribution in [-0.4, -0.2) is 28.9 Å². The summed E-state index contributed by atoms with van der Waals surface area (Å²) in [6.45, 7) is 6.07. The van der Waals surface area contributed by atoms with Gasteiger partial charge in [0.15, 0.2) is 0 Å². The quantitative estimate of drug-likeness (QED) is 0.626. The van der Waals surface area contributed by atoms with Gasteiger partial charge in [0.1, 0.15) is 5.01 Å². The van der Waals surface area contributed by atoms with Gasteiger partial charge in [-0.2, -0.15) is 0 Å². The van der Waals surface area contributed by atoms with Crippen LogP contribution in [0.5, 0.6) is 0 Å². The molecule has 1 amide bonds. The highest BCUT2D eigenvalue weighted by atomic mass is 32.1. The van der Waals surface area contributed by atoms with Gasteiger partial charge in [0.2, 0.25) is 5.91 Å². The minimum atomic E-state index is 0.00670. The first kappa shape index (κ1) is 19.8. The van der Waals surface area contributed by atoms with Crippen molar-refractivity contribution in [1.29, 1.82) is 0 Å². The monoisotopic (exact) mass is 405 g/mol. The number of amides is 1. The lowest BCUT2D eigenvalue weighted by molar-refractivity contribution is -0.120. The summed E-state index contributed by atoms with van der Waals surface area (Å²) < 4.78 is 0. The number of carbonyl (C=O) groups excluding carboxylic acids is 1. The lowest BCUT2D eigenvalue weighted by Gasteiger charge is -2.14. The molecule has 1 fully saturated rings. The second-order valence-corrected chi connectivity index (χ2v) is 8.62. The first-order chi connectivity index (χ1) is 14.2. The highest BCUT2D eigenvalue weighted by Crippen LogP contribution is 2.24. The zero-order valence-electron chi connectivity index (χ0n) is 16.9. The topological polar surface area (TPSA) is 45.2 Å². The molecule has 4 rings (SSSR count). The third-order valence-electron chi connectivity index (χ3n) is 5.28. The molecule has 1 saturated heterocycles. The average molecular weight is 406 g/mol. The number of nitrogens with zero attached hydrogens (tertiary/aromatic N) is 2. The average Bonchev–Trinajstić information content (AvgIpc) is 3.40. The zero-order valence-corrected chi connectivity index (χ0v) is 17.7. The van der Waals surface area contributed by atoms with Gasteiger partial charge in [-0.05, 0) is 50.0 Å². The normalized spacial score (nSPS) is 14.2. The van der Waals surface area contributed by atoms with Crippen LogP contribution in [0, 0.1) is 6.92 Å². The summed E-state index contributed by atoms with van der Waals surface area (Å²) >= 11 is 1.59. The van der Waals surface area contributed by atoms with Crippen LogP contribution in [0.15, 0.2) is 53.9 Å². The predicted molar refractivity (Wildman–Crippen MR) is 119 cm³/mol. The molecule has 1 N–H and O–H groups in total. The summed E-state index contributed by atoms with van der Waals surface area (Å²) in [6, 6.07) is 16.9. The molecule has 2 heterocycles. The summed E-state index contributed by atoms with van der Waals surface area (Å²) in [5, 5.41) is 5.95. The zero-order chi connectivity index (χ0) is 20.1. The Morgan fingerprint density at radius 2 is 1.86 bits per heavy atom. The molecular formula is C24H27N3OS. The van der Waals surface area contributed by atoms with E-state index in [1.807, 2.05) is 11.4 Å². The molecule has 150 valence electrons. The number of aryl methyl sites for hydroxylation is 1. The first-order valence-electron chi connectivity index (χ1n) is 10.2. The Kier molecular flexibility index (Phi) is 6.37. The largest absolute Gasteiger partial charge is 0.352 e. The highest BCUT2D eigenvalue weighted by Gasteiger charge is 2.12. The number of hydrogen-bond acceptors (Lipinski definition) is 4. The van der Waals surface area contributed by atoms with E-state index < -0.39 is 0 Å². The van der Waals surface area contributed by atoms with E-state index in [2.05, 4.69) is 64.6 Å². The van der Waals surface area contributed by atoms with Crippen LogP contribution in [0.25, 0.3) is 10.6 Å². The molecular weight excluding hydrogens is 378 g/mol. The van der Waals surface area contributed by atoms with Crippen molar-refractivity contribution in [1.82, 2.24) is 15.2 Å². The smallest absolute Gasteiger partial charge is 0.226 e. The van der Waals surface area contributed by atoms with Gasteiger partial charge in [0, 0.05) is 24.0 Å². The minimum Gasteiger partial charge on any atom is -0.352 e. The Bertz CT molecular complexity index is 958. The number of benzene rings is 2. The van der Waals surface area contributed by atoms with E-state index in [0.29, 0.717) is 13.0 Å². The van der Waals surface area contributed by atoms with Crippen LogP contribution < -0.4 is 5.32 Å². The number of carbonyl (C=O) groups is 1. The van der Waals surface area contributed by atoms with Crippen molar-refractivity contribution in [3.8, 4) is 10.6 Å². The van der Waals surface area contributed by atoms with Crippen LogP contribution in [0.4, 0.5) is 0 Å². The molecule has 0 spiro atoms. The van der Waals surface area contributed by atoms with Crippen LogP contribution in [0.2, 0.25) is 0 Å². The van der Waals surface area contributed by atoms with Crippen LogP contribution in [0.1, 0.15) is 35.2 Å². The Hall–Kier alpha value is -2.50. The summed E-state index contributed by atoms with van der Waals surface area (Å²) in [6.07, 6.45) is 2.94. The number of thiazole rings is 1. The molecule has 0 atom stereocenters. The number of aromatic nitrogens is 1. The van der Waals surface area contributed by atoms with Crippen molar-refractivity contribution in [2.75, 3.05) is 13.1 Å². The molecule has 0 radical (unpaired) electrons.